The van der Waals surface area contributed by atoms with Gasteiger partial charge in [-0.15, -0.1) is 10.2 Å². The van der Waals surface area contributed by atoms with Crippen molar-refractivity contribution in [2.75, 3.05) is 26.9 Å². The van der Waals surface area contributed by atoms with Gasteiger partial charge in [0.05, 0.1) is 37.1 Å². The maximum Gasteiger partial charge on any atom is 0.256 e. The van der Waals surface area contributed by atoms with E-state index < -0.39 is 6.04 Å². The number of carbonyl (C=O) groups is 1. The third-order valence-corrected chi connectivity index (χ3v) is 5.07. The molecule has 3 heterocycles. The van der Waals surface area contributed by atoms with Crippen LogP contribution in [0.15, 0.2) is 28.7 Å². The van der Waals surface area contributed by atoms with Gasteiger partial charge in [0.1, 0.15) is 11.8 Å². The van der Waals surface area contributed by atoms with Gasteiger partial charge in [0.25, 0.3) is 5.91 Å². The molecule has 0 spiro atoms. The van der Waals surface area contributed by atoms with Crippen LogP contribution in [0.1, 0.15) is 53.6 Å². The van der Waals surface area contributed by atoms with Gasteiger partial charge in [-0.1, -0.05) is 13.8 Å². The number of hydrogen-bond donors (Lipinski definition) is 0. The zero-order valence-corrected chi connectivity index (χ0v) is 17.0. The van der Waals surface area contributed by atoms with E-state index in [0.29, 0.717) is 42.8 Å². The normalized spacial score (nSPS) is 17.1. The summed E-state index contributed by atoms with van der Waals surface area (Å²) in [5.41, 5.74) is 2.00. The molecule has 0 saturated carbocycles. The Bertz CT molecular complexity index is 1050. The number of ether oxygens (including phenoxy) is 2. The van der Waals surface area contributed by atoms with Crippen LogP contribution < -0.4 is 4.74 Å². The van der Waals surface area contributed by atoms with Gasteiger partial charge in [0.2, 0.25) is 11.8 Å². The molecule has 8 heteroatoms. The van der Waals surface area contributed by atoms with Gasteiger partial charge >= 0.3 is 0 Å². The van der Waals surface area contributed by atoms with E-state index in [0.717, 1.165) is 16.7 Å². The van der Waals surface area contributed by atoms with Crippen molar-refractivity contribution in [1.82, 2.24) is 20.1 Å². The summed E-state index contributed by atoms with van der Waals surface area (Å²) in [7, 11) is 1.62. The van der Waals surface area contributed by atoms with Crippen LogP contribution in [0.5, 0.6) is 5.75 Å². The van der Waals surface area contributed by atoms with Gasteiger partial charge in [0.15, 0.2) is 0 Å². The molecule has 2 aromatic heterocycles. The lowest BCUT2D eigenvalue weighted by Gasteiger charge is -2.33. The number of rotatable bonds is 4. The number of amides is 1. The lowest BCUT2D eigenvalue weighted by molar-refractivity contribution is -0.0108. The lowest BCUT2D eigenvalue weighted by Crippen LogP contribution is -2.43. The van der Waals surface area contributed by atoms with E-state index in [1.165, 1.54) is 0 Å². The molecule has 3 aromatic rings. The zero-order chi connectivity index (χ0) is 20.5. The summed E-state index contributed by atoms with van der Waals surface area (Å²) in [6, 6.07) is 7.08. The largest absolute Gasteiger partial charge is 0.497 e. The monoisotopic (exact) mass is 396 g/mol. The highest BCUT2D eigenvalue weighted by Gasteiger charge is 2.34. The molecule has 0 radical (unpaired) electrons. The molecule has 1 atom stereocenters. The second-order valence-corrected chi connectivity index (χ2v) is 7.40. The number of nitrogens with zero attached hydrogens (tertiary/aromatic N) is 4. The topological polar surface area (TPSA) is 90.6 Å². The minimum absolute atomic E-state index is 0.119. The highest BCUT2D eigenvalue weighted by Crippen LogP contribution is 2.28. The van der Waals surface area contributed by atoms with E-state index in [1.807, 2.05) is 45.0 Å². The van der Waals surface area contributed by atoms with Gasteiger partial charge in [-0.2, -0.15) is 0 Å². The maximum absolute atomic E-state index is 13.4. The van der Waals surface area contributed by atoms with Crippen molar-refractivity contribution in [2.24, 2.45) is 0 Å². The summed E-state index contributed by atoms with van der Waals surface area (Å²) >= 11 is 0. The van der Waals surface area contributed by atoms with Gasteiger partial charge in [-0.05, 0) is 25.1 Å². The molecule has 1 aliphatic heterocycles. The maximum atomic E-state index is 13.4. The van der Waals surface area contributed by atoms with Crippen LogP contribution >= 0.6 is 0 Å². The average molecular weight is 396 g/mol. The number of hydrogen-bond acceptors (Lipinski definition) is 7. The standard InChI is InChI=1S/C21H24N4O4/c1-12(2)19-23-24-20(29-19)18-11-28-8-7-25(18)21(26)16-9-14-5-6-15(27-4)10-17(14)22-13(16)3/h5-6,9-10,12,18H,7-8,11H2,1-4H3. The number of carbonyl (C=O) groups excluding carboxylic acids is 1. The van der Waals surface area contributed by atoms with Crippen molar-refractivity contribution in [3.05, 3.63) is 47.3 Å². The van der Waals surface area contributed by atoms with E-state index >= 15 is 0 Å². The number of aryl methyl sites for hydroxylation is 1. The Balaban J connectivity index is 1.68. The van der Waals surface area contributed by atoms with Crippen LogP contribution in [0.25, 0.3) is 10.9 Å². The summed E-state index contributed by atoms with van der Waals surface area (Å²) in [5, 5.41) is 9.14. The van der Waals surface area contributed by atoms with Gasteiger partial charge in [-0.25, -0.2) is 0 Å². The first-order chi connectivity index (χ1) is 14.0. The minimum Gasteiger partial charge on any atom is -0.497 e. The third-order valence-electron chi connectivity index (χ3n) is 5.07. The SMILES string of the molecule is COc1ccc2cc(C(=O)N3CCOCC3c3nnc(C(C)C)o3)c(C)nc2c1. The molecule has 1 unspecified atom stereocenters. The Morgan fingerprint density at radius 3 is 2.83 bits per heavy atom. The second kappa shape index (κ2) is 7.79. The predicted molar refractivity (Wildman–Crippen MR) is 106 cm³/mol. The van der Waals surface area contributed by atoms with Crippen LogP contribution in [0.4, 0.5) is 0 Å². The molecule has 1 aliphatic rings. The van der Waals surface area contributed by atoms with E-state index in [4.69, 9.17) is 13.9 Å². The van der Waals surface area contributed by atoms with Gasteiger partial charge < -0.3 is 18.8 Å². The second-order valence-electron chi connectivity index (χ2n) is 7.40. The molecule has 29 heavy (non-hydrogen) atoms. The number of methoxy groups -OCH3 is 1. The summed E-state index contributed by atoms with van der Waals surface area (Å²) in [6.45, 7) is 7.04. The van der Waals surface area contributed by atoms with Gasteiger partial charge in [0, 0.05) is 23.9 Å². The molecule has 1 aromatic carbocycles. The smallest absolute Gasteiger partial charge is 0.256 e. The quantitative estimate of drug-likeness (QED) is 0.668. The van der Waals surface area contributed by atoms with E-state index in [2.05, 4.69) is 15.2 Å². The summed E-state index contributed by atoms with van der Waals surface area (Å²) in [5.74, 6) is 1.68. The number of pyridine rings is 1. The molecule has 0 N–H and O–H groups in total. The lowest BCUT2D eigenvalue weighted by atomic mass is 10.1. The molecular formula is C21H24N4O4. The molecule has 8 nitrogen and oxygen atoms in total. The van der Waals surface area contributed by atoms with Crippen molar-refractivity contribution < 1.29 is 18.7 Å². The average Bonchev–Trinajstić information content (AvgIpc) is 3.23. The highest BCUT2D eigenvalue weighted by atomic mass is 16.5. The number of benzene rings is 1. The first-order valence-electron chi connectivity index (χ1n) is 9.65. The van der Waals surface area contributed by atoms with Crippen LogP contribution in [0.3, 0.4) is 0 Å². The van der Waals surface area contributed by atoms with Crippen LogP contribution in [0.2, 0.25) is 0 Å². The number of aromatic nitrogens is 3. The first kappa shape index (κ1) is 19.3. The fourth-order valence-corrected chi connectivity index (χ4v) is 3.41. The van der Waals surface area contributed by atoms with E-state index in [1.54, 1.807) is 12.0 Å². The Labute approximate surface area is 168 Å². The molecule has 1 fully saturated rings. The van der Waals surface area contributed by atoms with Crippen molar-refractivity contribution in [3.63, 3.8) is 0 Å². The minimum atomic E-state index is -0.415. The molecule has 0 aliphatic carbocycles. The Hall–Kier alpha value is -3.00. The summed E-state index contributed by atoms with van der Waals surface area (Å²) in [6.07, 6.45) is 0. The van der Waals surface area contributed by atoms with E-state index in [9.17, 15) is 4.79 Å². The van der Waals surface area contributed by atoms with Crippen molar-refractivity contribution >= 4 is 16.8 Å². The van der Waals surface area contributed by atoms with Crippen molar-refractivity contribution in [3.8, 4) is 5.75 Å². The van der Waals surface area contributed by atoms with Crippen LogP contribution in [0, 0.1) is 6.92 Å². The highest BCUT2D eigenvalue weighted by molar-refractivity contribution is 5.99. The fraction of sp³-hybridized carbons (Fsp3) is 0.429. The summed E-state index contributed by atoms with van der Waals surface area (Å²) in [4.78, 5) is 19.8. The van der Waals surface area contributed by atoms with E-state index in [-0.39, 0.29) is 11.8 Å². The molecule has 1 amide bonds. The molecule has 152 valence electrons. The first-order valence-corrected chi connectivity index (χ1v) is 9.65. The molecular weight excluding hydrogens is 372 g/mol. The molecule has 1 saturated heterocycles. The Kier molecular flexibility index (Phi) is 5.19. The Morgan fingerprint density at radius 2 is 2.10 bits per heavy atom. The zero-order valence-electron chi connectivity index (χ0n) is 17.0. The van der Waals surface area contributed by atoms with Crippen molar-refractivity contribution in [1.29, 1.82) is 0 Å². The molecule has 0 bridgehead atoms. The van der Waals surface area contributed by atoms with Gasteiger partial charge in [-0.3, -0.25) is 9.78 Å². The number of morpholine rings is 1. The van der Waals surface area contributed by atoms with Crippen LogP contribution in [-0.4, -0.2) is 52.9 Å². The third kappa shape index (κ3) is 3.67. The number of fused-ring (bicyclic) bond motifs is 1. The fourth-order valence-electron chi connectivity index (χ4n) is 3.41. The van der Waals surface area contributed by atoms with Crippen molar-refractivity contribution in [2.45, 2.75) is 32.7 Å². The predicted octanol–water partition coefficient (Wildman–Crippen LogP) is 3.27. The molecule has 4 rings (SSSR count). The van der Waals surface area contributed by atoms with Crippen LogP contribution in [-0.2, 0) is 4.74 Å². The Morgan fingerprint density at radius 1 is 1.28 bits per heavy atom. The summed E-state index contributed by atoms with van der Waals surface area (Å²) < 4.78 is 16.7.